The van der Waals surface area contributed by atoms with Crippen molar-refractivity contribution >= 4 is 35.1 Å². The fourth-order valence-electron chi connectivity index (χ4n) is 6.49. The van der Waals surface area contributed by atoms with Crippen LogP contribution in [0.3, 0.4) is 0 Å². The molecule has 0 spiro atoms. The molecule has 3 heterocycles. The molecule has 2 aliphatic heterocycles. The van der Waals surface area contributed by atoms with Crippen molar-refractivity contribution in [2.45, 2.75) is 76.2 Å². The van der Waals surface area contributed by atoms with Gasteiger partial charge in [0.1, 0.15) is 11.0 Å². The molecule has 182 valence electrons. The first kappa shape index (κ1) is 23.9. The highest BCUT2D eigenvalue weighted by Crippen LogP contribution is 2.52. The van der Waals surface area contributed by atoms with Crippen LogP contribution >= 0.6 is 23.4 Å². The highest BCUT2D eigenvalue weighted by Gasteiger charge is 2.51. The highest BCUT2D eigenvalue weighted by molar-refractivity contribution is 7.98. The van der Waals surface area contributed by atoms with Crippen molar-refractivity contribution in [3.8, 4) is 0 Å². The van der Waals surface area contributed by atoms with E-state index in [0.29, 0.717) is 21.8 Å². The Kier molecular flexibility index (Phi) is 6.58. The topological polar surface area (TPSA) is 49.3 Å². The average molecular weight is 499 g/mol. The quantitative estimate of drug-likeness (QED) is 0.269. The zero-order valence-corrected chi connectivity index (χ0v) is 22.1. The lowest BCUT2D eigenvalue weighted by atomic mass is 9.65. The van der Waals surface area contributed by atoms with Crippen LogP contribution < -0.4 is 4.90 Å². The Hall–Kier alpha value is -1.79. The first-order chi connectivity index (χ1) is 16.2. The Morgan fingerprint density at radius 1 is 1.09 bits per heavy atom. The van der Waals surface area contributed by atoms with Gasteiger partial charge < -0.3 is 9.80 Å². The van der Waals surface area contributed by atoms with Gasteiger partial charge >= 0.3 is 0 Å². The number of thioether (sulfide) groups is 1. The van der Waals surface area contributed by atoms with Gasteiger partial charge in [-0.3, -0.25) is 4.79 Å². The van der Waals surface area contributed by atoms with Crippen LogP contribution in [0.15, 0.2) is 35.5 Å². The van der Waals surface area contributed by atoms with Gasteiger partial charge in [0.15, 0.2) is 5.16 Å². The van der Waals surface area contributed by atoms with Gasteiger partial charge in [-0.25, -0.2) is 9.97 Å². The summed E-state index contributed by atoms with van der Waals surface area (Å²) in [4.78, 5) is 27.0. The van der Waals surface area contributed by atoms with Crippen LogP contribution in [-0.2, 0) is 5.75 Å². The van der Waals surface area contributed by atoms with Crippen LogP contribution in [0.4, 0.5) is 5.82 Å². The second-order valence-corrected chi connectivity index (χ2v) is 12.8. The van der Waals surface area contributed by atoms with Crippen LogP contribution in [0, 0.1) is 10.8 Å². The maximum absolute atomic E-state index is 13.3. The van der Waals surface area contributed by atoms with Crippen LogP contribution in [0.5, 0.6) is 0 Å². The zero-order chi connectivity index (χ0) is 23.9. The van der Waals surface area contributed by atoms with E-state index in [1.54, 1.807) is 11.8 Å². The maximum Gasteiger partial charge on any atom is 0.254 e. The number of fused-ring (bicyclic) bond motifs is 2. The predicted molar refractivity (Wildman–Crippen MR) is 140 cm³/mol. The molecule has 2 unspecified atom stereocenters. The molecule has 1 aliphatic carbocycles. The molecule has 2 atom stereocenters. The SMILES string of the molecule is CC1(C)CC2CC(C)(CN2C(=O)c2ccc(CSc3nc(Cl)cc(N4CCCCC4)n3)cc2)C1. The second kappa shape index (κ2) is 9.34. The monoisotopic (exact) mass is 498 g/mol. The Morgan fingerprint density at radius 3 is 2.56 bits per heavy atom. The number of halogens is 1. The molecule has 3 aliphatic rings. The number of hydrogen-bond acceptors (Lipinski definition) is 5. The summed E-state index contributed by atoms with van der Waals surface area (Å²) < 4.78 is 0. The lowest BCUT2D eigenvalue weighted by Crippen LogP contribution is -2.37. The summed E-state index contributed by atoms with van der Waals surface area (Å²) in [6, 6.07) is 10.3. The van der Waals surface area contributed by atoms with E-state index in [4.69, 9.17) is 16.6 Å². The van der Waals surface area contributed by atoms with E-state index >= 15 is 0 Å². The van der Waals surface area contributed by atoms with Gasteiger partial charge in [-0.15, -0.1) is 0 Å². The van der Waals surface area contributed by atoms with E-state index < -0.39 is 0 Å². The molecular weight excluding hydrogens is 464 g/mol. The van der Waals surface area contributed by atoms with Crippen LogP contribution in [0.1, 0.15) is 75.2 Å². The van der Waals surface area contributed by atoms with Crippen molar-refractivity contribution in [3.05, 3.63) is 46.6 Å². The molecule has 34 heavy (non-hydrogen) atoms. The summed E-state index contributed by atoms with van der Waals surface area (Å²) in [5.41, 5.74) is 2.50. The third-order valence-electron chi connectivity index (χ3n) is 7.59. The number of likely N-dealkylation sites (tertiary alicyclic amines) is 1. The van der Waals surface area contributed by atoms with Crippen LogP contribution in [0.25, 0.3) is 0 Å². The molecule has 1 aromatic carbocycles. The van der Waals surface area contributed by atoms with Crippen molar-refractivity contribution in [2.24, 2.45) is 10.8 Å². The molecule has 7 heteroatoms. The van der Waals surface area contributed by atoms with E-state index in [9.17, 15) is 4.79 Å². The van der Waals surface area contributed by atoms with E-state index in [0.717, 1.165) is 55.2 Å². The number of nitrogens with zero attached hydrogens (tertiary/aromatic N) is 4. The van der Waals surface area contributed by atoms with Crippen LogP contribution in [-0.4, -0.2) is 46.5 Å². The van der Waals surface area contributed by atoms with Gasteiger partial charge in [-0.05, 0) is 67.1 Å². The van der Waals surface area contributed by atoms with Crippen molar-refractivity contribution in [1.82, 2.24) is 14.9 Å². The molecule has 5 nitrogen and oxygen atoms in total. The standard InChI is InChI=1S/C27H35ClN4OS/c1-26(2)14-21-15-27(3,17-26)18-32(21)24(33)20-9-7-19(8-10-20)16-34-25-29-22(28)13-23(30-25)31-11-5-4-6-12-31/h7-10,13,21H,4-6,11-12,14-18H2,1-3H3. The molecule has 1 aromatic heterocycles. The van der Waals surface area contributed by atoms with E-state index in [2.05, 4.69) is 47.7 Å². The molecular formula is C27H35ClN4OS. The van der Waals surface area contributed by atoms with Crippen molar-refractivity contribution in [2.75, 3.05) is 24.5 Å². The van der Waals surface area contributed by atoms with Gasteiger partial charge in [-0.1, -0.05) is 56.3 Å². The van der Waals surface area contributed by atoms with Gasteiger partial charge in [0.25, 0.3) is 5.91 Å². The predicted octanol–water partition coefficient (Wildman–Crippen LogP) is 6.45. The van der Waals surface area contributed by atoms with Crippen molar-refractivity contribution in [3.63, 3.8) is 0 Å². The number of amides is 1. The fraction of sp³-hybridized carbons (Fsp3) is 0.593. The minimum Gasteiger partial charge on any atom is -0.356 e. The minimum absolute atomic E-state index is 0.176. The number of carbonyl (C=O) groups excluding carboxylic acids is 1. The summed E-state index contributed by atoms with van der Waals surface area (Å²) in [5, 5.41) is 1.19. The average Bonchev–Trinajstić information content (AvgIpc) is 3.06. The summed E-state index contributed by atoms with van der Waals surface area (Å²) in [5.74, 6) is 1.85. The molecule has 2 bridgehead atoms. The second-order valence-electron chi connectivity index (χ2n) is 11.5. The van der Waals surface area contributed by atoms with Gasteiger partial charge in [0, 0.05) is 43.1 Å². The Labute approximate surface area is 212 Å². The molecule has 0 N–H and O–H groups in total. The Morgan fingerprint density at radius 2 is 1.82 bits per heavy atom. The number of hydrogen-bond donors (Lipinski definition) is 0. The molecule has 1 amide bonds. The smallest absolute Gasteiger partial charge is 0.254 e. The number of rotatable bonds is 5. The highest BCUT2D eigenvalue weighted by atomic mass is 35.5. The zero-order valence-electron chi connectivity index (χ0n) is 20.5. The first-order valence-corrected chi connectivity index (χ1v) is 13.9. The summed E-state index contributed by atoms with van der Waals surface area (Å²) in [6.07, 6.45) is 7.11. The molecule has 5 rings (SSSR count). The molecule has 2 aromatic rings. The van der Waals surface area contributed by atoms with Gasteiger partial charge in [0.2, 0.25) is 0 Å². The summed E-state index contributed by atoms with van der Waals surface area (Å²) in [7, 11) is 0. The van der Waals surface area contributed by atoms with E-state index in [1.807, 2.05) is 18.2 Å². The van der Waals surface area contributed by atoms with Gasteiger partial charge in [0.05, 0.1) is 0 Å². The van der Waals surface area contributed by atoms with Crippen molar-refractivity contribution < 1.29 is 4.79 Å². The van der Waals surface area contributed by atoms with E-state index in [1.165, 1.54) is 25.7 Å². The number of carbonyl (C=O) groups is 1. The third-order valence-corrected chi connectivity index (χ3v) is 8.70. The van der Waals surface area contributed by atoms with E-state index in [-0.39, 0.29) is 11.3 Å². The maximum atomic E-state index is 13.3. The van der Waals surface area contributed by atoms with Gasteiger partial charge in [-0.2, -0.15) is 0 Å². The summed E-state index contributed by atoms with van der Waals surface area (Å²) in [6.45, 7) is 9.98. The Balaban J connectivity index is 1.22. The number of anilines is 1. The fourth-order valence-corrected chi connectivity index (χ4v) is 7.53. The lowest BCUT2D eigenvalue weighted by molar-refractivity contribution is 0.0708. The Bertz CT molecular complexity index is 1050. The molecule has 1 saturated carbocycles. The number of piperidine rings is 1. The first-order valence-electron chi connectivity index (χ1n) is 12.5. The largest absolute Gasteiger partial charge is 0.356 e. The normalized spacial score (nSPS) is 26.1. The summed E-state index contributed by atoms with van der Waals surface area (Å²) >= 11 is 7.89. The lowest BCUT2D eigenvalue weighted by Gasteiger charge is -2.39. The molecule has 2 saturated heterocycles. The van der Waals surface area contributed by atoms with Crippen molar-refractivity contribution in [1.29, 1.82) is 0 Å². The molecule has 3 fully saturated rings. The molecule has 0 radical (unpaired) electrons. The number of aromatic nitrogens is 2. The number of benzene rings is 1. The third kappa shape index (κ3) is 5.23. The minimum atomic E-state index is 0.176. The van der Waals surface area contributed by atoms with Crippen LogP contribution in [0.2, 0.25) is 5.15 Å².